The lowest BCUT2D eigenvalue weighted by Crippen LogP contribution is -2.40. The van der Waals surface area contributed by atoms with Crippen molar-refractivity contribution in [2.45, 2.75) is 31.7 Å². The fourth-order valence-electron chi connectivity index (χ4n) is 2.56. The summed E-state index contributed by atoms with van der Waals surface area (Å²) in [6, 6.07) is 10.9. The monoisotopic (exact) mass is 258 g/mol. The zero-order valence-electron chi connectivity index (χ0n) is 11.3. The Kier molecular flexibility index (Phi) is 5.01. The van der Waals surface area contributed by atoms with Crippen molar-refractivity contribution in [2.24, 2.45) is 0 Å². The lowest BCUT2D eigenvalue weighted by Gasteiger charge is -2.27. The van der Waals surface area contributed by atoms with Crippen molar-refractivity contribution in [3.8, 4) is 0 Å². The predicted molar refractivity (Wildman–Crippen MR) is 79.3 cm³/mol. The van der Waals surface area contributed by atoms with Crippen molar-refractivity contribution >= 4 is 11.6 Å². The molecular formula is C16H22N2O. The summed E-state index contributed by atoms with van der Waals surface area (Å²) < 4.78 is 0. The summed E-state index contributed by atoms with van der Waals surface area (Å²) >= 11 is 0. The highest BCUT2D eigenvalue weighted by atomic mass is 16.1. The van der Waals surface area contributed by atoms with E-state index < -0.39 is 0 Å². The van der Waals surface area contributed by atoms with E-state index in [-0.39, 0.29) is 5.91 Å². The molecule has 1 N–H and O–H groups in total. The van der Waals surface area contributed by atoms with E-state index in [0.29, 0.717) is 12.5 Å². The number of allylic oxidation sites excluding steroid dienone is 1. The van der Waals surface area contributed by atoms with E-state index in [0.717, 1.165) is 25.9 Å². The molecule has 3 nitrogen and oxygen atoms in total. The summed E-state index contributed by atoms with van der Waals surface area (Å²) in [6.45, 7) is 5.46. The van der Waals surface area contributed by atoms with Crippen LogP contribution in [0.1, 0.15) is 25.7 Å². The standard InChI is InChI=1S/C16H22N2O/c1-2-3-11-16(19)17-13-15-10-7-12-18(15)14-8-5-4-6-9-14/h2,4-6,8-9,15H,1,3,7,10-13H2,(H,17,19). The lowest BCUT2D eigenvalue weighted by atomic mass is 10.2. The first-order chi connectivity index (χ1) is 9.31. The summed E-state index contributed by atoms with van der Waals surface area (Å²) in [7, 11) is 0. The predicted octanol–water partition coefficient (Wildman–Crippen LogP) is 2.74. The van der Waals surface area contributed by atoms with Crippen molar-refractivity contribution in [3.63, 3.8) is 0 Å². The average Bonchev–Trinajstić information content (AvgIpc) is 2.92. The van der Waals surface area contributed by atoms with Gasteiger partial charge in [-0.05, 0) is 31.4 Å². The Morgan fingerprint density at radius 2 is 2.21 bits per heavy atom. The van der Waals surface area contributed by atoms with Crippen LogP contribution in [0.2, 0.25) is 0 Å². The molecule has 2 rings (SSSR count). The molecule has 0 spiro atoms. The SMILES string of the molecule is C=CCCC(=O)NCC1CCCN1c1ccccc1. The fourth-order valence-corrected chi connectivity index (χ4v) is 2.56. The lowest BCUT2D eigenvalue weighted by molar-refractivity contribution is -0.121. The zero-order chi connectivity index (χ0) is 13.5. The number of carbonyl (C=O) groups is 1. The Labute approximate surface area is 115 Å². The van der Waals surface area contributed by atoms with Crippen molar-refractivity contribution in [2.75, 3.05) is 18.0 Å². The number of nitrogens with zero attached hydrogens (tertiary/aromatic N) is 1. The first kappa shape index (κ1) is 13.7. The number of para-hydroxylation sites is 1. The van der Waals surface area contributed by atoms with Gasteiger partial charge in [0, 0.05) is 31.2 Å². The van der Waals surface area contributed by atoms with Gasteiger partial charge in [0.05, 0.1) is 0 Å². The smallest absolute Gasteiger partial charge is 0.220 e. The van der Waals surface area contributed by atoms with Gasteiger partial charge in [0.1, 0.15) is 0 Å². The largest absolute Gasteiger partial charge is 0.367 e. The number of anilines is 1. The van der Waals surface area contributed by atoms with Crippen molar-refractivity contribution in [3.05, 3.63) is 43.0 Å². The van der Waals surface area contributed by atoms with E-state index in [4.69, 9.17) is 0 Å². The molecule has 1 unspecified atom stereocenters. The molecule has 1 aromatic rings. The molecule has 0 aliphatic carbocycles. The van der Waals surface area contributed by atoms with E-state index >= 15 is 0 Å². The molecule has 1 saturated heterocycles. The van der Waals surface area contributed by atoms with E-state index in [9.17, 15) is 4.79 Å². The number of benzene rings is 1. The van der Waals surface area contributed by atoms with Gasteiger partial charge in [0.25, 0.3) is 0 Å². The third-order valence-corrected chi connectivity index (χ3v) is 3.58. The van der Waals surface area contributed by atoms with Gasteiger partial charge in [-0.1, -0.05) is 24.3 Å². The second kappa shape index (κ2) is 6.98. The minimum absolute atomic E-state index is 0.125. The molecule has 1 fully saturated rings. The van der Waals surface area contributed by atoms with Gasteiger partial charge in [-0.25, -0.2) is 0 Å². The maximum Gasteiger partial charge on any atom is 0.220 e. The molecule has 0 radical (unpaired) electrons. The van der Waals surface area contributed by atoms with Crippen molar-refractivity contribution in [1.82, 2.24) is 5.32 Å². The van der Waals surface area contributed by atoms with Crippen LogP contribution in [0.25, 0.3) is 0 Å². The first-order valence-corrected chi connectivity index (χ1v) is 7.00. The normalized spacial score (nSPS) is 18.3. The van der Waals surface area contributed by atoms with Crippen molar-refractivity contribution < 1.29 is 4.79 Å². The van der Waals surface area contributed by atoms with Gasteiger partial charge >= 0.3 is 0 Å². The molecule has 3 heteroatoms. The van der Waals surface area contributed by atoms with Crippen LogP contribution in [-0.4, -0.2) is 25.0 Å². The highest BCUT2D eigenvalue weighted by Crippen LogP contribution is 2.24. The van der Waals surface area contributed by atoms with E-state index in [1.807, 2.05) is 6.07 Å². The third-order valence-electron chi connectivity index (χ3n) is 3.58. The number of hydrogen-bond acceptors (Lipinski definition) is 2. The third kappa shape index (κ3) is 3.85. The molecule has 0 bridgehead atoms. The molecular weight excluding hydrogens is 236 g/mol. The van der Waals surface area contributed by atoms with Crippen molar-refractivity contribution in [1.29, 1.82) is 0 Å². The van der Waals surface area contributed by atoms with E-state index in [1.165, 1.54) is 12.1 Å². The van der Waals surface area contributed by atoms with E-state index in [2.05, 4.69) is 41.1 Å². The first-order valence-electron chi connectivity index (χ1n) is 7.00. The molecule has 1 amide bonds. The summed E-state index contributed by atoms with van der Waals surface area (Å²) in [5, 5.41) is 3.03. The summed E-state index contributed by atoms with van der Waals surface area (Å²) in [4.78, 5) is 14.0. The highest BCUT2D eigenvalue weighted by molar-refractivity contribution is 5.76. The minimum Gasteiger partial charge on any atom is -0.367 e. The molecule has 1 atom stereocenters. The molecule has 1 heterocycles. The van der Waals surface area contributed by atoms with Crippen LogP contribution in [0.15, 0.2) is 43.0 Å². The van der Waals surface area contributed by atoms with Crippen LogP contribution in [0, 0.1) is 0 Å². The molecule has 19 heavy (non-hydrogen) atoms. The Hall–Kier alpha value is -1.77. The maximum atomic E-state index is 11.6. The molecule has 1 aliphatic rings. The summed E-state index contributed by atoms with van der Waals surface area (Å²) in [5.74, 6) is 0.125. The zero-order valence-corrected chi connectivity index (χ0v) is 11.3. The van der Waals surface area contributed by atoms with Gasteiger partial charge < -0.3 is 10.2 Å². The minimum atomic E-state index is 0.125. The molecule has 1 aliphatic heterocycles. The molecule has 102 valence electrons. The van der Waals surface area contributed by atoms with Gasteiger partial charge in [0.2, 0.25) is 5.91 Å². The Morgan fingerprint density at radius 1 is 1.42 bits per heavy atom. The maximum absolute atomic E-state index is 11.6. The Balaban J connectivity index is 1.86. The molecule has 0 saturated carbocycles. The summed E-state index contributed by atoms with van der Waals surface area (Å²) in [5.41, 5.74) is 1.25. The van der Waals surface area contributed by atoms with Crippen LogP contribution in [-0.2, 0) is 4.79 Å². The van der Waals surface area contributed by atoms with Gasteiger partial charge in [0.15, 0.2) is 0 Å². The van der Waals surface area contributed by atoms with Crippen LogP contribution in [0.3, 0.4) is 0 Å². The molecule has 0 aromatic heterocycles. The Morgan fingerprint density at radius 3 is 2.95 bits per heavy atom. The second-order valence-corrected chi connectivity index (χ2v) is 4.96. The Bertz CT molecular complexity index is 416. The topological polar surface area (TPSA) is 32.3 Å². The van der Waals surface area contributed by atoms with Gasteiger partial charge in [-0.3, -0.25) is 4.79 Å². The van der Waals surface area contributed by atoms with Crippen LogP contribution in [0.4, 0.5) is 5.69 Å². The average molecular weight is 258 g/mol. The van der Waals surface area contributed by atoms with Crippen LogP contribution in [0.5, 0.6) is 0 Å². The van der Waals surface area contributed by atoms with Crippen LogP contribution >= 0.6 is 0 Å². The fraction of sp³-hybridized carbons (Fsp3) is 0.438. The highest BCUT2D eigenvalue weighted by Gasteiger charge is 2.24. The number of nitrogens with one attached hydrogen (secondary N) is 1. The quantitative estimate of drug-likeness (QED) is 0.796. The number of carbonyl (C=O) groups excluding carboxylic acids is 1. The second-order valence-electron chi connectivity index (χ2n) is 4.96. The molecule has 1 aromatic carbocycles. The van der Waals surface area contributed by atoms with E-state index in [1.54, 1.807) is 6.08 Å². The summed E-state index contributed by atoms with van der Waals surface area (Å²) in [6.07, 6.45) is 5.42. The number of rotatable bonds is 6. The number of hydrogen-bond donors (Lipinski definition) is 1. The van der Waals surface area contributed by atoms with Gasteiger partial charge in [-0.15, -0.1) is 6.58 Å². The van der Waals surface area contributed by atoms with Gasteiger partial charge in [-0.2, -0.15) is 0 Å². The van der Waals surface area contributed by atoms with Crippen LogP contribution < -0.4 is 10.2 Å². The number of amides is 1.